The Morgan fingerprint density at radius 1 is 1.36 bits per heavy atom. The molecule has 1 aromatic heterocycles. The molecule has 0 aliphatic carbocycles. The molecule has 22 heavy (non-hydrogen) atoms. The van der Waals surface area contributed by atoms with Gasteiger partial charge in [-0.25, -0.2) is 18.7 Å². The Morgan fingerprint density at radius 3 is 2.64 bits per heavy atom. The Kier molecular flexibility index (Phi) is 4.67. The van der Waals surface area contributed by atoms with E-state index < -0.39 is 17.8 Å². The number of carbonyl (C=O) groups excluding carboxylic acids is 1. The topological polar surface area (TPSA) is 81.4 Å². The number of aliphatic carboxylic acids is 1. The second kappa shape index (κ2) is 6.66. The minimum absolute atomic E-state index is 0.0105. The number of esters is 1. The number of benzene rings is 1. The molecule has 1 N–H and O–H groups in total. The first kappa shape index (κ1) is 15.4. The molecule has 0 bridgehead atoms. The lowest BCUT2D eigenvalue weighted by Crippen LogP contribution is -2.08. The van der Waals surface area contributed by atoms with Crippen molar-refractivity contribution in [1.29, 1.82) is 0 Å². The summed E-state index contributed by atoms with van der Waals surface area (Å²) in [5.41, 5.74) is 0.816. The molecule has 2 rings (SSSR count). The van der Waals surface area contributed by atoms with Gasteiger partial charge in [-0.1, -0.05) is 0 Å². The number of aromatic nitrogens is 2. The predicted molar refractivity (Wildman–Crippen MR) is 76.1 cm³/mol. The van der Waals surface area contributed by atoms with Crippen LogP contribution in [0.25, 0.3) is 11.8 Å². The highest BCUT2D eigenvalue weighted by Crippen LogP contribution is 2.16. The van der Waals surface area contributed by atoms with E-state index >= 15 is 0 Å². The monoisotopic (exact) mass is 304 g/mol. The Morgan fingerprint density at radius 2 is 2.05 bits per heavy atom. The molecule has 0 aliphatic rings. The number of halogens is 1. The molecule has 1 heterocycles. The molecule has 2 aromatic rings. The van der Waals surface area contributed by atoms with Crippen molar-refractivity contribution in [2.75, 3.05) is 6.61 Å². The second-order valence-electron chi connectivity index (χ2n) is 4.25. The van der Waals surface area contributed by atoms with E-state index in [4.69, 9.17) is 9.84 Å². The highest BCUT2D eigenvalue weighted by Gasteiger charge is 2.17. The first-order valence-electron chi connectivity index (χ1n) is 6.45. The zero-order chi connectivity index (χ0) is 16.1. The zero-order valence-electron chi connectivity index (χ0n) is 11.7. The zero-order valence-corrected chi connectivity index (χ0v) is 11.7. The number of carboxylic acid groups (broad SMARTS) is 1. The van der Waals surface area contributed by atoms with E-state index in [2.05, 4.69) is 5.10 Å². The quantitative estimate of drug-likeness (QED) is 0.677. The molecule has 0 spiro atoms. The van der Waals surface area contributed by atoms with Crippen LogP contribution in [0.3, 0.4) is 0 Å². The third-order valence-electron chi connectivity index (χ3n) is 2.71. The molecule has 0 radical (unpaired) electrons. The Bertz CT molecular complexity index is 720. The molecule has 6 nitrogen and oxygen atoms in total. The summed E-state index contributed by atoms with van der Waals surface area (Å²) < 4.78 is 19.2. The van der Waals surface area contributed by atoms with Crippen LogP contribution in [0.5, 0.6) is 0 Å². The molecule has 1 aromatic carbocycles. The van der Waals surface area contributed by atoms with E-state index in [1.54, 1.807) is 6.92 Å². The van der Waals surface area contributed by atoms with Crippen molar-refractivity contribution in [3.63, 3.8) is 0 Å². The van der Waals surface area contributed by atoms with Crippen molar-refractivity contribution in [3.05, 3.63) is 53.6 Å². The van der Waals surface area contributed by atoms with Crippen molar-refractivity contribution < 1.29 is 23.8 Å². The molecule has 0 unspecified atom stereocenters. The van der Waals surface area contributed by atoms with E-state index in [1.807, 2.05) is 0 Å². The lowest BCUT2D eigenvalue weighted by atomic mass is 10.2. The summed E-state index contributed by atoms with van der Waals surface area (Å²) >= 11 is 0. The van der Waals surface area contributed by atoms with E-state index in [1.165, 1.54) is 41.2 Å². The Balaban J connectivity index is 2.44. The highest BCUT2D eigenvalue weighted by atomic mass is 19.1. The summed E-state index contributed by atoms with van der Waals surface area (Å²) in [7, 11) is 0. The molecular weight excluding hydrogens is 291 g/mol. The Hall–Kier alpha value is -2.96. The fourth-order valence-electron chi connectivity index (χ4n) is 1.75. The van der Waals surface area contributed by atoms with E-state index in [0.29, 0.717) is 11.3 Å². The van der Waals surface area contributed by atoms with Crippen molar-refractivity contribution in [2.45, 2.75) is 6.92 Å². The summed E-state index contributed by atoms with van der Waals surface area (Å²) in [6.07, 6.45) is 3.62. The summed E-state index contributed by atoms with van der Waals surface area (Å²) in [4.78, 5) is 22.5. The Labute approximate surface area is 125 Å². The van der Waals surface area contributed by atoms with Gasteiger partial charge in [-0.2, -0.15) is 5.10 Å². The van der Waals surface area contributed by atoms with Gasteiger partial charge >= 0.3 is 11.9 Å². The number of hydrogen-bond donors (Lipinski definition) is 1. The van der Waals surface area contributed by atoms with Crippen LogP contribution in [0, 0.1) is 5.82 Å². The van der Waals surface area contributed by atoms with Crippen LogP contribution in [-0.4, -0.2) is 33.4 Å². The van der Waals surface area contributed by atoms with Crippen LogP contribution in [0.2, 0.25) is 0 Å². The predicted octanol–water partition coefficient (Wildman–Crippen LogP) is 2.29. The third kappa shape index (κ3) is 3.57. The minimum Gasteiger partial charge on any atom is -0.478 e. The van der Waals surface area contributed by atoms with Gasteiger partial charge in [-0.15, -0.1) is 0 Å². The van der Waals surface area contributed by atoms with Gasteiger partial charge in [0.15, 0.2) is 5.69 Å². The van der Waals surface area contributed by atoms with Crippen LogP contribution in [0.15, 0.2) is 36.5 Å². The van der Waals surface area contributed by atoms with Crippen molar-refractivity contribution in [2.24, 2.45) is 0 Å². The normalized spacial score (nSPS) is 10.8. The molecular formula is C15H13FN2O4. The summed E-state index contributed by atoms with van der Waals surface area (Å²) in [6, 6.07) is 5.49. The van der Waals surface area contributed by atoms with Crippen molar-refractivity contribution in [1.82, 2.24) is 9.78 Å². The van der Waals surface area contributed by atoms with Gasteiger partial charge < -0.3 is 9.84 Å². The second-order valence-corrected chi connectivity index (χ2v) is 4.25. The smallest absolute Gasteiger partial charge is 0.359 e. The fraction of sp³-hybridized carbons (Fsp3) is 0.133. The van der Waals surface area contributed by atoms with Gasteiger partial charge in [-0.3, -0.25) is 0 Å². The molecule has 7 heteroatoms. The maximum atomic E-state index is 12.9. The molecule has 0 saturated heterocycles. The number of rotatable bonds is 5. The summed E-state index contributed by atoms with van der Waals surface area (Å²) in [6.45, 7) is 1.83. The van der Waals surface area contributed by atoms with E-state index in [0.717, 1.165) is 6.08 Å². The molecule has 114 valence electrons. The molecule has 0 fully saturated rings. The molecule has 0 atom stereocenters. The van der Waals surface area contributed by atoms with Gasteiger partial charge in [-0.05, 0) is 37.3 Å². The maximum absolute atomic E-state index is 12.9. The number of nitrogens with zero attached hydrogens (tertiary/aromatic N) is 2. The number of carbonyl (C=O) groups is 2. The lowest BCUT2D eigenvalue weighted by molar-refractivity contribution is -0.131. The fourth-order valence-corrected chi connectivity index (χ4v) is 1.75. The van der Waals surface area contributed by atoms with Crippen LogP contribution in [0.1, 0.15) is 23.0 Å². The van der Waals surface area contributed by atoms with Gasteiger partial charge in [0, 0.05) is 17.8 Å². The third-order valence-corrected chi connectivity index (χ3v) is 2.71. The average molecular weight is 304 g/mol. The van der Waals surface area contributed by atoms with Gasteiger partial charge in [0.25, 0.3) is 0 Å². The van der Waals surface area contributed by atoms with Crippen molar-refractivity contribution >= 4 is 18.0 Å². The van der Waals surface area contributed by atoms with Crippen LogP contribution in [0.4, 0.5) is 4.39 Å². The van der Waals surface area contributed by atoms with Gasteiger partial charge in [0.2, 0.25) is 0 Å². The number of hydrogen-bond acceptors (Lipinski definition) is 4. The molecule has 0 saturated carbocycles. The maximum Gasteiger partial charge on any atom is 0.359 e. The van der Waals surface area contributed by atoms with Crippen LogP contribution >= 0.6 is 0 Å². The highest BCUT2D eigenvalue weighted by molar-refractivity contribution is 5.93. The van der Waals surface area contributed by atoms with Crippen molar-refractivity contribution in [3.8, 4) is 5.69 Å². The first-order chi connectivity index (χ1) is 10.5. The van der Waals surface area contributed by atoms with E-state index in [9.17, 15) is 14.0 Å². The largest absolute Gasteiger partial charge is 0.478 e. The standard InChI is InChI=1S/C15H13FN2O4/c1-2-22-15(21)14-10(3-8-13(19)20)9-18(17-14)12-6-4-11(16)5-7-12/h3-9H,2H2,1H3,(H,19,20)/b8-3+. The lowest BCUT2D eigenvalue weighted by Gasteiger charge is -2.00. The SMILES string of the molecule is CCOC(=O)c1nn(-c2ccc(F)cc2)cc1/C=C/C(=O)O. The number of ether oxygens (including phenoxy) is 1. The van der Waals surface area contributed by atoms with Gasteiger partial charge in [0.1, 0.15) is 5.82 Å². The van der Waals surface area contributed by atoms with E-state index in [-0.39, 0.29) is 12.3 Å². The average Bonchev–Trinajstić information content (AvgIpc) is 2.90. The number of carboxylic acids is 1. The first-order valence-corrected chi connectivity index (χ1v) is 6.45. The minimum atomic E-state index is -1.15. The molecule has 0 aliphatic heterocycles. The molecule has 0 amide bonds. The van der Waals surface area contributed by atoms with Crippen LogP contribution < -0.4 is 0 Å². The van der Waals surface area contributed by atoms with Crippen LogP contribution in [-0.2, 0) is 9.53 Å². The summed E-state index contributed by atoms with van der Waals surface area (Å²) in [5.74, 6) is -2.20. The van der Waals surface area contributed by atoms with Gasteiger partial charge in [0.05, 0.1) is 12.3 Å². The summed E-state index contributed by atoms with van der Waals surface area (Å²) in [5, 5.41) is 12.8.